The van der Waals surface area contributed by atoms with Crippen LogP contribution < -0.4 is 10.0 Å². The maximum atomic E-state index is 12.6. The number of para-hydroxylation sites is 2. The number of hydrogen-bond acceptors (Lipinski definition) is 6. The van der Waals surface area contributed by atoms with Crippen LogP contribution in [0.4, 0.5) is 11.4 Å². The van der Waals surface area contributed by atoms with Crippen LogP contribution in [-0.2, 0) is 19.6 Å². The van der Waals surface area contributed by atoms with Crippen LogP contribution in [0.5, 0.6) is 0 Å². The molecule has 0 atom stereocenters. The van der Waals surface area contributed by atoms with Crippen molar-refractivity contribution in [3.05, 3.63) is 76.5 Å². The smallest absolute Gasteiger partial charge is 0.261 e. The van der Waals surface area contributed by atoms with Crippen molar-refractivity contribution < 1.29 is 22.8 Å². The van der Waals surface area contributed by atoms with Crippen LogP contribution in [0, 0.1) is 6.92 Å². The van der Waals surface area contributed by atoms with Crippen molar-refractivity contribution in [3.63, 3.8) is 0 Å². The van der Waals surface area contributed by atoms with Gasteiger partial charge in [-0.25, -0.2) is 8.42 Å². The molecule has 0 aliphatic carbocycles. The van der Waals surface area contributed by atoms with Crippen LogP contribution in [0.1, 0.15) is 40.2 Å². The third-order valence-electron chi connectivity index (χ3n) is 4.78. The molecule has 0 bridgehead atoms. The number of anilines is 2. The fourth-order valence-corrected chi connectivity index (χ4v) is 4.97. The number of benzene rings is 2. The van der Waals surface area contributed by atoms with Gasteiger partial charge >= 0.3 is 0 Å². The van der Waals surface area contributed by atoms with Crippen molar-refractivity contribution in [2.75, 3.05) is 10.0 Å². The summed E-state index contributed by atoms with van der Waals surface area (Å²) in [6, 6.07) is 17.9. The zero-order valence-electron chi connectivity index (χ0n) is 18.0. The monoisotopic (exact) mass is 484 g/mol. The Hall–Kier alpha value is -3.30. The Labute approximate surface area is 196 Å². The SMILES string of the molecule is Cc1ccc(C(=O)CCC(=O)CCC(=O)Nc2ccccc2NS(=O)(=O)c2ccccc2)s1. The molecule has 0 aliphatic heterocycles. The number of thiophene rings is 1. The number of nitrogens with one attached hydrogen (secondary N) is 2. The summed E-state index contributed by atoms with van der Waals surface area (Å²) in [5.74, 6) is -0.676. The van der Waals surface area contributed by atoms with Crippen LogP contribution in [0.15, 0.2) is 71.6 Å². The normalized spacial score (nSPS) is 11.1. The van der Waals surface area contributed by atoms with E-state index in [0.29, 0.717) is 4.88 Å². The van der Waals surface area contributed by atoms with E-state index in [1.54, 1.807) is 48.5 Å². The Morgan fingerprint density at radius 3 is 2.09 bits per heavy atom. The molecular formula is C24H24N2O5S2. The molecule has 172 valence electrons. The number of aryl methyl sites for hydroxylation is 1. The van der Waals surface area contributed by atoms with Crippen molar-refractivity contribution in [3.8, 4) is 0 Å². The number of Topliss-reactive ketones (excluding diaryl/α,β-unsaturated/α-hetero) is 2. The number of amides is 1. The third-order valence-corrected chi connectivity index (χ3v) is 7.20. The molecule has 0 unspecified atom stereocenters. The molecule has 0 spiro atoms. The summed E-state index contributed by atoms with van der Waals surface area (Å²) in [7, 11) is -3.82. The minimum absolute atomic E-state index is 0.000487. The molecule has 3 aromatic rings. The Kier molecular flexibility index (Phi) is 8.13. The summed E-state index contributed by atoms with van der Waals surface area (Å²) in [5.41, 5.74) is 0.510. The third kappa shape index (κ3) is 7.10. The molecule has 0 radical (unpaired) electrons. The second-order valence-corrected chi connectivity index (χ2v) is 10.4. The average Bonchev–Trinajstić information content (AvgIpc) is 3.24. The van der Waals surface area contributed by atoms with Crippen molar-refractivity contribution >= 4 is 50.2 Å². The lowest BCUT2D eigenvalue weighted by atomic mass is 10.1. The lowest BCUT2D eigenvalue weighted by Gasteiger charge is -2.13. The Bertz CT molecular complexity index is 1250. The van der Waals surface area contributed by atoms with Gasteiger partial charge in [0.1, 0.15) is 5.78 Å². The van der Waals surface area contributed by atoms with Gasteiger partial charge in [-0.2, -0.15) is 0 Å². The van der Waals surface area contributed by atoms with Crippen molar-refractivity contribution in [2.24, 2.45) is 0 Å². The lowest BCUT2D eigenvalue weighted by Crippen LogP contribution is -2.17. The Morgan fingerprint density at radius 1 is 0.788 bits per heavy atom. The van der Waals surface area contributed by atoms with Crippen molar-refractivity contribution in [1.82, 2.24) is 0 Å². The molecule has 2 aromatic carbocycles. The second kappa shape index (κ2) is 11.0. The fourth-order valence-electron chi connectivity index (χ4n) is 3.04. The number of rotatable bonds is 11. The first-order chi connectivity index (χ1) is 15.7. The molecule has 7 nitrogen and oxygen atoms in total. The zero-order valence-corrected chi connectivity index (χ0v) is 19.7. The number of ketones is 2. The van der Waals surface area contributed by atoms with Crippen LogP contribution >= 0.6 is 11.3 Å². The molecule has 1 aromatic heterocycles. The zero-order chi connectivity index (χ0) is 23.8. The van der Waals surface area contributed by atoms with E-state index in [2.05, 4.69) is 10.0 Å². The van der Waals surface area contributed by atoms with Gasteiger partial charge in [0.15, 0.2) is 5.78 Å². The minimum Gasteiger partial charge on any atom is -0.324 e. The molecule has 1 amide bonds. The lowest BCUT2D eigenvalue weighted by molar-refractivity contribution is -0.122. The summed E-state index contributed by atoms with van der Waals surface area (Å²) >= 11 is 1.40. The Balaban J connectivity index is 1.52. The highest BCUT2D eigenvalue weighted by atomic mass is 32.2. The average molecular weight is 485 g/mol. The molecular weight excluding hydrogens is 460 g/mol. The first kappa shape index (κ1) is 24.3. The molecule has 0 fully saturated rings. The van der Waals surface area contributed by atoms with E-state index in [0.717, 1.165) is 4.88 Å². The summed E-state index contributed by atoms with van der Waals surface area (Å²) in [6.07, 6.45) is 0.131. The summed E-state index contributed by atoms with van der Waals surface area (Å²) in [4.78, 5) is 38.4. The molecule has 1 heterocycles. The van der Waals surface area contributed by atoms with E-state index >= 15 is 0 Å². The van der Waals surface area contributed by atoms with Gasteiger partial charge in [0.25, 0.3) is 10.0 Å². The number of carbonyl (C=O) groups is 3. The van der Waals surface area contributed by atoms with E-state index < -0.39 is 15.9 Å². The number of carbonyl (C=O) groups excluding carboxylic acids is 3. The second-order valence-electron chi connectivity index (χ2n) is 7.38. The molecule has 3 rings (SSSR count). The van der Waals surface area contributed by atoms with Gasteiger partial charge in [-0.05, 0) is 43.3 Å². The predicted octanol–water partition coefficient (Wildman–Crippen LogP) is 4.81. The quantitative estimate of drug-likeness (QED) is 0.380. The summed E-state index contributed by atoms with van der Waals surface area (Å²) in [5, 5.41) is 2.65. The highest BCUT2D eigenvalue weighted by Crippen LogP contribution is 2.25. The fraction of sp³-hybridized carbons (Fsp3) is 0.208. The van der Waals surface area contributed by atoms with Gasteiger partial charge in [-0.1, -0.05) is 30.3 Å². The molecule has 9 heteroatoms. The van der Waals surface area contributed by atoms with Crippen molar-refractivity contribution in [2.45, 2.75) is 37.5 Å². The largest absolute Gasteiger partial charge is 0.324 e. The first-order valence-corrected chi connectivity index (χ1v) is 12.6. The van der Waals surface area contributed by atoms with Gasteiger partial charge in [-0.15, -0.1) is 11.3 Å². The van der Waals surface area contributed by atoms with Crippen molar-refractivity contribution in [1.29, 1.82) is 0 Å². The number of hydrogen-bond donors (Lipinski definition) is 2. The number of sulfonamides is 1. The van der Waals surface area contributed by atoms with Gasteiger partial charge in [0.05, 0.1) is 21.1 Å². The van der Waals surface area contributed by atoms with E-state index in [-0.39, 0.29) is 53.5 Å². The Morgan fingerprint density at radius 2 is 1.42 bits per heavy atom. The van der Waals surface area contributed by atoms with Gasteiger partial charge in [-0.3, -0.25) is 19.1 Å². The maximum Gasteiger partial charge on any atom is 0.261 e. The molecule has 33 heavy (non-hydrogen) atoms. The molecule has 0 saturated carbocycles. The minimum atomic E-state index is -3.82. The highest BCUT2D eigenvalue weighted by molar-refractivity contribution is 7.92. The van der Waals surface area contributed by atoms with E-state index in [1.807, 2.05) is 13.0 Å². The molecule has 0 saturated heterocycles. The van der Waals surface area contributed by atoms with Crippen LogP contribution in [0.2, 0.25) is 0 Å². The summed E-state index contributed by atoms with van der Waals surface area (Å²) < 4.78 is 27.7. The highest BCUT2D eigenvalue weighted by Gasteiger charge is 2.17. The van der Waals surface area contributed by atoms with Gasteiger partial charge < -0.3 is 5.32 Å². The van der Waals surface area contributed by atoms with Crippen LogP contribution in [0.25, 0.3) is 0 Å². The van der Waals surface area contributed by atoms with E-state index in [9.17, 15) is 22.8 Å². The van der Waals surface area contributed by atoms with Crippen LogP contribution in [-0.4, -0.2) is 25.9 Å². The van der Waals surface area contributed by atoms with Crippen LogP contribution in [0.3, 0.4) is 0 Å². The maximum absolute atomic E-state index is 12.6. The topological polar surface area (TPSA) is 109 Å². The molecule has 2 N–H and O–H groups in total. The standard InChI is InChI=1S/C24H24N2O5S2/c1-17-11-15-23(32-17)22(28)14-12-18(27)13-16-24(29)25-20-9-5-6-10-21(20)26-33(30,31)19-7-3-2-4-8-19/h2-11,15,26H,12-14,16H2,1H3,(H,25,29). The summed E-state index contributed by atoms with van der Waals surface area (Å²) in [6.45, 7) is 1.91. The van der Waals surface area contributed by atoms with E-state index in [4.69, 9.17) is 0 Å². The van der Waals surface area contributed by atoms with Gasteiger partial charge in [0, 0.05) is 30.6 Å². The molecule has 0 aliphatic rings. The first-order valence-electron chi connectivity index (χ1n) is 10.3. The van der Waals surface area contributed by atoms with Gasteiger partial charge in [0.2, 0.25) is 5.91 Å². The predicted molar refractivity (Wildman–Crippen MR) is 129 cm³/mol. The van der Waals surface area contributed by atoms with E-state index in [1.165, 1.54) is 23.5 Å².